The smallest absolute Gasteiger partial charge is 0.121 e. The zero-order valence-corrected chi connectivity index (χ0v) is 12.2. The van der Waals surface area contributed by atoms with Crippen molar-refractivity contribution in [1.82, 2.24) is 5.32 Å². The second-order valence-electron chi connectivity index (χ2n) is 5.25. The van der Waals surface area contributed by atoms with Gasteiger partial charge in [0.2, 0.25) is 0 Å². The second kappa shape index (κ2) is 5.93. The average Bonchev–Trinajstić information content (AvgIpc) is 3.10. The molecule has 1 aliphatic carbocycles. The molecule has 0 radical (unpaired) electrons. The van der Waals surface area contributed by atoms with Crippen LogP contribution in [0.15, 0.2) is 34.3 Å². The molecule has 0 fully saturated rings. The van der Waals surface area contributed by atoms with E-state index < -0.39 is 0 Å². The normalized spacial score (nSPS) is 20.2. The van der Waals surface area contributed by atoms with Crippen molar-refractivity contribution in [3.8, 4) is 0 Å². The molecule has 2 aromatic heterocycles. The summed E-state index contributed by atoms with van der Waals surface area (Å²) in [6, 6.07) is 6.73. The maximum absolute atomic E-state index is 5.68. The van der Waals surface area contributed by atoms with E-state index in [4.69, 9.17) is 4.42 Å². The van der Waals surface area contributed by atoms with Gasteiger partial charge in [-0.3, -0.25) is 0 Å². The average molecular weight is 275 g/mol. The monoisotopic (exact) mass is 275 g/mol. The molecule has 3 heteroatoms. The minimum Gasteiger partial charge on any atom is -0.468 e. The summed E-state index contributed by atoms with van der Waals surface area (Å²) in [7, 11) is 0. The maximum Gasteiger partial charge on any atom is 0.121 e. The van der Waals surface area contributed by atoms with Gasteiger partial charge in [-0.15, -0.1) is 11.3 Å². The molecular weight excluding hydrogens is 254 g/mol. The molecule has 0 aromatic carbocycles. The quantitative estimate of drug-likeness (QED) is 0.869. The van der Waals surface area contributed by atoms with Crippen molar-refractivity contribution in [1.29, 1.82) is 0 Å². The van der Waals surface area contributed by atoms with Gasteiger partial charge in [-0.25, -0.2) is 0 Å². The van der Waals surface area contributed by atoms with E-state index in [-0.39, 0.29) is 0 Å². The van der Waals surface area contributed by atoms with Crippen LogP contribution in [0.2, 0.25) is 0 Å². The van der Waals surface area contributed by atoms with E-state index in [1.54, 1.807) is 16.7 Å². The fraction of sp³-hybridized carbons (Fsp3) is 0.500. The number of hydrogen-bond acceptors (Lipinski definition) is 3. The molecular formula is C16H21NOS. The van der Waals surface area contributed by atoms with Crippen molar-refractivity contribution in [2.24, 2.45) is 0 Å². The van der Waals surface area contributed by atoms with E-state index in [1.807, 2.05) is 17.4 Å². The predicted octanol–water partition coefficient (Wildman–Crippen LogP) is 4.50. The summed E-state index contributed by atoms with van der Waals surface area (Å²) in [4.78, 5) is 1.58. The highest BCUT2D eigenvalue weighted by atomic mass is 32.1. The number of thiophene rings is 1. The summed E-state index contributed by atoms with van der Waals surface area (Å²) in [6.45, 7) is 3.25. The first-order valence-electron chi connectivity index (χ1n) is 7.23. The van der Waals surface area contributed by atoms with E-state index in [0.717, 1.165) is 18.7 Å². The summed E-state index contributed by atoms with van der Waals surface area (Å²) in [5.74, 6) is 1.64. The molecule has 0 saturated carbocycles. The highest BCUT2D eigenvalue weighted by Crippen LogP contribution is 2.42. The predicted molar refractivity (Wildman–Crippen MR) is 79.7 cm³/mol. The molecule has 0 amide bonds. The Morgan fingerprint density at radius 2 is 2.42 bits per heavy atom. The zero-order chi connectivity index (χ0) is 13.1. The summed E-state index contributed by atoms with van der Waals surface area (Å²) >= 11 is 1.91. The number of aryl methyl sites for hydroxylation is 1. The molecule has 0 saturated heterocycles. The van der Waals surface area contributed by atoms with Crippen molar-refractivity contribution in [2.45, 2.75) is 44.6 Å². The molecule has 3 rings (SSSR count). The van der Waals surface area contributed by atoms with Gasteiger partial charge in [-0.2, -0.15) is 0 Å². The van der Waals surface area contributed by atoms with Crippen molar-refractivity contribution >= 4 is 11.3 Å². The van der Waals surface area contributed by atoms with Gasteiger partial charge in [0.25, 0.3) is 0 Å². The Labute approximate surface area is 118 Å². The topological polar surface area (TPSA) is 25.2 Å². The van der Waals surface area contributed by atoms with E-state index >= 15 is 0 Å². The van der Waals surface area contributed by atoms with Crippen LogP contribution in [0, 0.1) is 0 Å². The van der Waals surface area contributed by atoms with E-state index in [0.29, 0.717) is 12.0 Å². The lowest BCUT2D eigenvalue weighted by atomic mass is 9.81. The third-order valence-electron chi connectivity index (χ3n) is 3.96. The van der Waals surface area contributed by atoms with Crippen LogP contribution in [0.1, 0.15) is 54.3 Å². The molecule has 0 bridgehead atoms. The first-order valence-corrected chi connectivity index (χ1v) is 8.11. The standard InChI is InChI=1S/C16H21NOS/c1-2-9-17-16(14-6-4-10-18-14)13-5-3-7-15-12(13)8-11-19-15/h4,6,8,10-11,13,16-17H,2-3,5,7,9H2,1H3. The number of rotatable bonds is 5. The van der Waals surface area contributed by atoms with Gasteiger partial charge >= 0.3 is 0 Å². The fourth-order valence-electron chi connectivity index (χ4n) is 3.08. The van der Waals surface area contributed by atoms with Crippen molar-refractivity contribution in [3.63, 3.8) is 0 Å². The Bertz CT molecular complexity index is 503. The van der Waals surface area contributed by atoms with Gasteiger partial charge in [-0.05, 0) is 61.4 Å². The highest BCUT2D eigenvalue weighted by Gasteiger charge is 2.30. The van der Waals surface area contributed by atoms with Gasteiger partial charge in [0.1, 0.15) is 5.76 Å². The van der Waals surface area contributed by atoms with Crippen molar-refractivity contribution < 1.29 is 4.42 Å². The SMILES string of the molecule is CCCNC(c1ccco1)C1CCCc2sccc21. The van der Waals surface area contributed by atoms with Crippen LogP contribution >= 0.6 is 11.3 Å². The third-order valence-corrected chi connectivity index (χ3v) is 4.96. The van der Waals surface area contributed by atoms with Gasteiger partial charge in [0, 0.05) is 10.8 Å². The minimum absolute atomic E-state index is 0.323. The van der Waals surface area contributed by atoms with E-state index in [9.17, 15) is 0 Å². The molecule has 102 valence electrons. The lowest BCUT2D eigenvalue weighted by Crippen LogP contribution is -2.29. The van der Waals surface area contributed by atoms with Crippen LogP contribution < -0.4 is 5.32 Å². The van der Waals surface area contributed by atoms with Crippen LogP contribution in [0.4, 0.5) is 0 Å². The zero-order valence-electron chi connectivity index (χ0n) is 11.4. The Kier molecular flexibility index (Phi) is 4.04. The van der Waals surface area contributed by atoms with E-state index in [1.165, 1.54) is 19.3 Å². The Morgan fingerprint density at radius 3 is 3.21 bits per heavy atom. The molecule has 0 aliphatic heterocycles. The molecule has 19 heavy (non-hydrogen) atoms. The van der Waals surface area contributed by atoms with Crippen LogP contribution in [0.25, 0.3) is 0 Å². The molecule has 2 heterocycles. The number of nitrogens with one attached hydrogen (secondary N) is 1. The van der Waals surface area contributed by atoms with Crippen LogP contribution in [0.5, 0.6) is 0 Å². The molecule has 2 nitrogen and oxygen atoms in total. The van der Waals surface area contributed by atoms with E-state index in [2.05, 4.69) is 29.8 Å². The molecule has 0 spiro atoms. The van der Waals surface area contributed by atoms with Gasteiger partial charge in [-0.1, -0.05) is 6.92 Å². The van der Waals surface area contributed by atoms with Crippen molar-refractivity contribution in [2.75, 3.05) is 6.54 Å². The third kappa shape index (κ3) is 2.63. The molecule has 2 unspecified atom stereocenters. The maximum atomic E-state index is 5.68. The first-order chi connectivity index (χ1) is 9.40. The van der Waals surface area contributed by atoms with Crippen molar-refractivity contribution in [3.05, 3.63) is 46.0 Å². The van der Waals surface area contributed by atoms with Gasteiger partial charge in [0.15, 0.2) is 0 Å². The summed E-state index contributed by atoms with van der Waals surface area (Å²) in [6.07, 6.45) is 6.74. The summed E-state index contributed by atoms with van der Waals surface area (Å²) in [5, 5.41) is 5.92. The highest BCUT2D eigenvalue weighted by molar-refractivity contribution is 7.10. The second-order valence-corrected chi connectivity index (χ2v) is 6.25. The lowest BCUT2D eigenvalue weighted by Gasteiger charge is -2.30. The minimum atomic E-state index is 0.323. The molecule has 2 atom stereocenters. The van der Waals surface area contributed by atoms with Crippen LogP contribution in [-0.2, 0) is 6.42 Å². The lowest BCUT2D eigenvalue weighted by molar-refractivity contribution is 0.343. The van der Waals surface area contributed by atoms with Gasteiger partial charge < -0.3 is 9.73 Å². The van der Waals surface area contributed by atoms with Crippen LogP contribution in [0.3, 0.4) is 0 Å². The van der Waals surface area contributed by atoms with Gasteiger partial charge in [0.05, 0.1) is 12.3 Å². The largest absolute Gasteiger partial charge is 0.468 e. The number of furan rings is 1. The summed E-state index contributed by atoms with van der Waals surface area (Å²) in [5.41, 5.74) is 1.54. The number of fused-ring (bicyclic) bond motifs is 1. The molecule has 1 aliphatic rings. The first kappa shape index (κ1) is 12.9. The Hall–Kier alpha value is -1.06. The Morgan fingerprint density at radius 1 is 1.47 bits per heavy atom. The Balaban J connectivity index is 1.88. The summed E-state index contributed by atoms with van der Waals surface area (Å²) < 4.78 is 5.68. The fourth-order valence-corrected chi connectivity index (χ4v) is 4.07. The molecule has 1 N–H and O–H groups in total. The van der Waals surface area contributed by atoms with Crippen LogP contribution in [-0.4, -0.2) is 6.54 Å². The molecule has 2 aromatic rings. The number of hydrogen-bond donors (Lipinski definition) is 1.